The highest BCUT2D eigenvalue weighted by molar-refractivity contribution is 9.10. The minimum atomic E-state index is -0.298. The number of aryl methyl sites for hydroxylation is 1. The number of anilines is 1. The molecule has 0 amide bonds. The quantitative estimate of drug-likeness (QED) is 0.724. The van der Waals surface area contributed by atoms with Crippen LogP contribution in [0.2, 0.25) is 0 Å². The van der Waals surface area contributed by atoms with Gasteiger partial charge in [-0.3, -0.25) is 0 Å². The molecule has 0 bridgehead atoms. The molecule has 0 atom stereocenters. The molecule has 0 saturated carbocycles. The van der Waals surface area contributed by atoms with E-state index >= 15 is 0 Å². The van der Waals surface area contributed by atoms with Crippen LogP contribution >= 0.6 is 15.9 Å². The largest absolute Gasteiger partial charge is 0.380 e. The highest BCUT2D eigenvalue weighted by atomic mass is 79.9. The van der Waals surface area contributed by atoms with Gasteiger partial charge in [-0.05, 0) is 48.4 Å². The Morgan fingerprint density at radius 2 is 1.81 bits per heavy atom. The van der Waals surface area contributed by atoms with E-state index in [9.17, 15) is 4.39 Å². The van der Waals surface area contributed by atoms with Gasteiger partial charge in [0.05, 0.1) is 5.56 Å². The molecule has 2 N–H and O–H groups in total. The molecule has 0 spiro atoms. The van der Waals surface area contributed by atoms with Crippen LogP contribution < -0.4 is 5.73 Å². The highest BCUT2D eigenvalue weighted by Gasteiger charge is 2.18. The predicted octanol–water partition coefficient (Wildman–Crippen LogP) is 4.80. The second kappa shape index (κ2) is 5.33. The first-order valence-electron chi connectivity index (χ1n) is 6.33. The van der Waals surface area contributed by atoms with Gasteiger partial charge in [-0.15, -0.1) is 0 Å². The Morgan fingerprint density at radius 1 is 1.10 bits per heavy atom. The minimum Gasteiger partial charge on any atom is -0.380 e. The first-order valence-corrected chi connectivity index (χ1v) is 7.12. The van der Waals surface area contributed by atoms with E-state index in [1.54, 1.807) is 12.1 Å². The van der Waals surface area contributed by atoms with Crippen molar-refractivity contribution in [2.45, 2.75) is 6.92 Å². The van der Waals surface area contributed by atoms with E-state index in [0.717, 1.165) is 21.2 Å². The number of aromatic nitrogens is 1. The Labute approximate surface area is 129 Å². The monoisotopic (exact) mass is 346 g/mol. The number of nitrogens with two attached hydrogens (primary N) is 1. The fourth-order valence-electron chi connectivity index (χ4n) is 2.26. The second-order valence-corrected chi connectivity index (χ2v) is 5.71. The zero-order valence-electron chi connectivity index (χ0n) is 11.2. The predicted molar refractivity (Wildman–Crippen MR) is 84.2 cm³/mol. The summed E-state index contributed by atoms with van der Waals surface area (Å²) in [5.41, 5.74) is 9.30. The summed E-state index contributed by atoms with van der Waals surface area (Å²) in [6.45, 7) is 1.99. The van der Waals surface area contributed by atoms with Crippen LogP contribution in [-0.2, 0) is 0 Å². The zero-order chi connectivity index (χ0) is 15.0. The lowest BCUT2D eigenvalue weighted by Crippen LogP contribution is -1.89. The first kappa shape index (κ1) is 13.8. The van der Waals surface area contributed by atoms with E-state index in [4.69, 9.17) is 10.3 Å². The van der Waals surface area contributed by atoms with Crippen molar-refractivity contribution in [1.82, 2.24) is 5.16 Å². The zero-order valence-corrected chi connectivity index (χ0v) is 12.8. The van der Waals surface area contributed by atoms with Gasteiger partial charge in [0, 0.05) is 10.0 Å². The van der Waals surface area contributed by atoms with Crippen LogP contribution in [0.4, 0.5) is 10.2 Å². The lowest BCUT2D eigenvalue weighted by atomic mass is 10.0. The summed E-state index contributed by atoms with van der Waals surface area (Å²) in [6, 6.07) is 12.0. The fourth-order valence-corrected chi connectivity index (χ4v) is 2.87. The van der Waals surface area contributed by atoms with Gasteiger partial charge in [0.1, 0.15) is 5.82 Å². The lowest BCUT2D eigenvalue weighted by Gasteiger charge is -2.05. The maximum atomic E-state index is 13.1. The normalized spacial score (nSPS) is 10.8. The average Bonchev–Trinajstić information content (AvgIpc) is 2.80. The number of hydrogen-bond acceptors (Lipinski definition) is 3. The van der Waals surface area contributed by atoms with E-state index in [1.165, 1.54) is 12.1 Å². The standard InChI is InChI=1S/C16H12BrFN2O/c1-9-6-11(8-12(17)7-9)15-14(16(19)20-21-15)10-2-4-13(18)5-3-10/h2-8H,1H3,(H2,19,20). The summed E-state index contributed by atoms with van der Waals surface area (Å²) in [5, 5.41) is 3.84. The number of nitrogens with zero attached hydrogens (tertiary/aromatic N) is 1. The van der Waals surface area contributed by atoms with Crippen molar-refractivity contribution >= 4 is 21.7 Å². The molecule has 2 aromatic carbocycles. The summed E-state index contributed by atoms with van der Waals surface area (Å²) in [6.07, 6.45) is 0. The van der Waals surface area contributed by atoms with Crippen LogP contribution in [0.3, 0.4) is 0 Å². The molecule has 21 heavy (non-hydrogen) atoms. The molecular formula is C16H12BrFN2O. The topological polar surface area (TPSA) is 52.0 Å². The number of nitrogen functional groups attached to an aromatic ring is 1. The molecule has 1 aromatic heterocycles. The van der Waals surface area contributed by atoms with Gasteiger partial charge in [0.2, 0.25) is 0 Å². The molecule has 3 nitrogen and oxygen atoms in total. The van der Waals surface area contributed by atoms with Crippen molar-refractivity contribution < 1.29 is 8.91 Å². The van der Waals surface area contributed by atoms with Gasteiger partial charge in [-0.1, -0.05) is 33.2 Å². The molecule has 0 saturated heterocycles. The molecule has 0 unspecified atom stereocenters. The molecule has 0 aliphatic rings. The number of rotatable bonds is 2. The molecule has 5 heteroatoms. The van der Waals surface area contributed by atoms with E-state index in [0.29, 0.717) is 11.3 Å². The van der Waals surface area contributed by atoms with Gasteiger partial charge in [-0.2, -0.15) is 0 Å². The van der Waals surface area contributed by atoms with Crippen LogP contribution in [0.15, 0.2) is 51.5 Å². The van der Waals surface area contributed by atoms with Crippen molar-refractivity contribution in [2.24, 2.45) is 0 Å². The molecule has 106 valence electrons. The maximum Gasteiger partial charge on any atom is 0.176 e. The SMILES string of the molecule is Cc1cc(Br)cc(-c2onc(N)c2-c2ccc(F)cc2)c1. The van der Waals surface area contributed by atoms with Crippen molar-refractivity contribution in [1.29, 1.82) is 0 Å². The Morgan fingerprint density at radius 3 is 2.48 bits per heavy atom. The van der Waals surface area contributed by atoms with Gasteiger partial charge in [0.25, 0.3) is 0 Å². The summed E-state index contributed by atoms with van der Waals surface area (Å²) < 4.78 is 19.4. The van der Waals surface area contributed by atoms with Crippen LogP contribution in [-0.4, -0.2) is 5.16 Å². The Hall–Kier alpha value is -2.14. The molecule has 0 fully saturated rings. The molecule has 3 rings (SSSR count). The Balaban J connectivity index is 2.19. The van der Waals surface area contributed by atoms with Crippen LogP contribution in [0, 0.1) is 12.7 Å². The summed E-state index contributed by atoms with van der Waals surface area (Å²) >= 11 is 3.46. The fraction of sp³-hybridized carbons (Fsp3) is 0.0625. The number of hydrogen-bond donors (Lipinski definition) is 1. The van der Waals surface area contributed by atoms with Gasteiger partial charge >= 0.3 is 0 Å². The third kappa shape index (κ3) is 2.69. The van der Waals surface area contributed by atoms with Crippen molar-refractivity contribution in [3.8, 4) is 22.5 Å². The minimum absolute atomic E-state index is 0.286. The van der Waals surface area contributed by atoms with Gasteiger partial charge < -0.3 is 10.3 Å². The van der Waals surface area contributed by atoms with Gasteiger partial charge in [-0.25, -0.2) is 4.39 Å². The Kier molecular flexibility index (Phi) is 3.51. The molecule has 1 heterocycles. The molecule has 3 aromatic rings. The number of benzene rings is 2. The summed E-state index contributed by atoms with van der Waals surface area (Å²) in [4.78, 5) is 0. The van der Waals surface area contributed by atoms with Crippen molar-refractivity contribution in [2.75, 3.05) is 5.73 Å². The van der Waals surface area contributed by atoms with Crippen LogP contribution in [0.5, 0.6) is 0 Å². The molecule has 0 radical (unpaired) electrons. The first-order chi connectivity index (χ1) is 10.0. The van der Waals surface area contributed by atoms with E-state index < -0.39 is 0 Å². The second-order valence-electron chi connectivity index (χ2n) is 4.80. The summed E-state index contributed by atoms with van der Waals surface area (Å²) in [5.74, 6) is 0.561. The Bertz CT molecular complexity index is 776. The van der Waals surface area contributed by atoms with Crippen molar-refractivity contribution in [3.05, 3.63) is 58.3 Å². The molecule has 0 aliphatic heterocycles. The molecule has 0 aliphatic carbocycles. The van der Waals surface area contributed by atoms with E-state index in [1.807, 2.05) is 25.1 Å². The third-order valence-corrected chi connectivity index (χ3v) is 3.61. The van der Waals surface area contributed by atoms with Gasteiger partial charge in [0.15, 0.2) is 11.6 Å². The van der Waals surface area contributed by atoms with Crippen LogP contribution in [0.1, 0.15) is 5.56 Å². The maximum absolute atomic E-state index is 13.1. The summed E-state index contributed by atoms with van der Waals surface area (Å²) in [7, 11) is 0. The van der Waals surface area contributed by atoms with Crippen molar-refractivity contribution in [3.63, 3.8) is 0 Å². The molecular weight excluding hydrogens is 335 g/mol. The van der Waals surface area contributed by atoms with E-state index in [2.05, 4.69) is 21.1 Å². The van der Waals surface area contributed by atoms with E-state index in [-0.39, 0.29) is 11.6 Å². The smallest absolute Gasteiger partial charge is 0.176 e. The highest BCUT2D eigenvalue weighted by Crippen LogP contribution is 2.37. The van der Waals surface area contributed by atoms with Crippen LogP contribution in [0.25, 0.3) is 22.5 Å². The third-order valence-electron chi connectivity index (χ3n) is 3.16. The average molecular weight is 347 g/mol. The lowest BCUT2D eigenvalue weighted by molar-refractivity contribution is 0.436. The number of halogens is 2.